The van der Waals surface area contributed by atoms with Crippen LogP contribution in [0, 0.1) is 0 Å². The first-order valence-corrected chi connectivity index (χ1v) is 8.09. The van der Waals surface area contributed by atoms with Crippen molar-refractivity contribution in [3.8, 4) is 5.75 Å². The third-order valence-electron chi connectivity index (χ3n) is 2.41. The zero-order valence-electron chi connectivity index (χ0n) is 11.4. The molecular weight excluding hydrogens is 282 g/mol. The van der Waals surface area contributed by atoms with Crippen molar-refractivity contribution in [3.05, 3.63) is 24.3 Å². The summed E-state index contributed by atoms with van der Waals surface area (Å²) in [4.78, 5) is 11.4. The number of nitrogen functional groups attached to an aromatic ring is 1. The van der Waals surface area contributed by atoms with Gasteiger partial charge in [0.25, 0.3) is 0 Å². The molecule has 1 aromatic rings. The van der Waals surface area contributed by atoms with E-state index in [1.165, 1.54) is 0 Å². The number of hydrogen-bond acceptors (Lipinski definition) is 6. The SMILES string of the molecule is CCCS(=O)(=O)CCOC(=O)COc1ccc(N)cc1. The van der Waals surface area contributed by atoms with E-state index in [4.69, 9.17) is 15.2 Å². The molecule has 0 aliphatic heterocycles. The zero-order valence-corrected chi connectivity index (χ0v) is 12.2. The Balaban J connectivity index is 2.25. The number of nitrogens with two attached hydrogens (primary N) is 1. The number of carbonyl (C=O) groups is 1. The molecule has 0 fully saturated rings. The van der Waals surface area contributed by atoms with Crippen LogP contribution in [0.25, 0.3) is 0 Å². The molecule has 0 amide bonds. The third kappa shape index (κ3) is 6.42. The molecule has 112 valence electrons. The monoisotopic (exact) mass is 301 g/mol. The van der Waals surface area contributed by atoms with Crippen LogP contribution >= 0.6 is 0 Å². The van der Waals surface area contributed by atoms with Gasteiger partial charge in [-0.15, -0.1) is 0 Å². The summed E-state index contributed by atoms with van der Waals surface area (Å²) in [6, 6.07) is 6.57. The van der Waals surface area contributed by atoms with Crippen LogP contribution in [0.15, 0.2) is 24.3 Å². The number of ether oxygens (including phenoxy) is 2. The summed E-state index contributed by atoms with van der Waals surface area (Å²) in [6.07, 6.45) is 0.552. The zero-order chi connectivity index (χ0) is 15.0. The highest BCUT2D eigenvalue weighted by molar-refractivity contribution is 7.91. The van der Waals surface area contributed by atoms with Gasteiger partial charge in [-0.2, -0.15) is 0 Å². The molecule has 7 heteroatoms. The maximum atomic E-state index is 11.4. The molecule has 1 rings (SSSR count). The summed E-state index contributed by atoms with van der Waals surface area (Å²) in [5.74, 6) is -0.163. The summed E-state index contributed by atoms with van der Waals surface area (Å²) in [5, 5.41) is 0. The molecule has 0 saturated carbocycles. The Labute approximate surface area is 118 Å². The van der Waals surface area contributed by atoms with Crippen LogP contribution < -0.4 is 10.5 Å². The minimum Gasteiger partial charge on any atom is -0.482 e. The van der Waals surface area contributed by atoms with Gasteiger partial charge in [0.1, 0.15) is 12.4 Å². The van der Waals surface area contributed by atoms with Crippen LogP contribution in [0.5, 0.6) is 5.75 Å². The smallest absolute Gasteiger partial charge is 0.344 e. The van der Waals surface area contributed by atoms with Crippen molar-refractivity contribution in [2.45, 2.75) is 13.3 Å². The fourth-order valence-electron chi connectivity index (χ4n) is 1.44. The van der Waals surface area contributed by atoms with Crippen LogP contribution in [0.1, 0.15) is 13.3 Å². The normalized spacial score (nSPS) is 11.1. The van der Waals surface area contributed by atoms with E-state index in [-0.39, 0.29) is 24.7 Å². The molecular formula is C13H19NO5S. The van der Waals surface area contributed by atoms with Gasteiger partial charge in [0.2, 0.25) is 0 Å². The summed E-state index contributed by atoms with van der Waals surface area (Å²) in [6.45, 7) is 1.37. The fraction of sp³-hybridized carbons (Fsp3) is 0.462. The van der Waals surface area contributed by atoms with Crippen molar-refractivity contribution in [1.29, 1.82) is 0 Å². The van der Waals surface area contributed by atoms with E-state index in [9.17, 15) is 13.2 Å². The number of rotatable bonds is 8. The molecule has 0 aromatic heterocycles. The topological polar surface area (TPSA) is 95.7 Å². The van der Waals surface area contributed by atoms with Gasteiger partial charge in [0.15, 0.2) is 16.4 Å². The van der Waals surface area contributed by atoms with Crippen molar-refractivity contribution < 1.29 is 22.7 Å². The number of hydrogen-bond donors (Lipinski definition) is 1. The molecule has 0 heterocycles. The van der Waals surface area contributed by atoms with Crippen molar-refractivity contribution in [2.24, 2.45) is 0 Å². The largest absolute Gasteiger partial charge is 0.482 e. The second-order valence-corrected chi connectivity index (χ2v) is 6.53. The molecule has 0 radical (unpaired) electrons. The lowest BCUT2D eigenvalue weighted by Gasteiger charge is -2.07. The third-order valence-corrected chi connectivity index (χ3v) is 4.23. The van der Waals surface area contributed by atoms with Crippen LogP contribution in [-0.4, -0.2) is 39.1 Å². The van der Waals surface area contributed by atoms with Gasteiger partial charge in [0.05, 0.1) is 11.5 Å². The van der Waals surface area contributed by atoms with E-state index in [1.54, 1.807) is 31.2 Å². The molecule has 0 aliphatic carbocycles. The van der Waals surface area contributed by atoms with E-state index in [2.05, 4.69) is 0 Å². The highest BCUT2D eigenvalue weighted by atomic mass is 32.2. The Morgan fingerprint density at radius 2 is 1.85 bits per heavy atom. The number of benzene rings is 1. The van der Waals surface area contributed by atoms with Gasteiger partial charge in [-0.05, 0) is 30.7 Å². The molecule has 0 saturated heterocycles. The van der Waals surface area contributed by atoms with E-state index < -0.39 is 15.8 Å². The van der Waals surface area contributed by atoms with Gasteiger partial charge in [-0.1, -0.05) is 6.92 Å². The van der Waals surface area contributed by atoms with Crippen molar-refractivity contribution in [1.82, 2.24) is 0 Å². The highest BCUT2D eigenvalue weighted by Crippen LogP contribution is 2.12. The minimum absolute atomic E-state index is 0.104. The predicted octanol–water partition coefficient (Wildman–Crippen LogP) is 1.02. The average Bonchev–Trinajstić information content (AvgIpc) is 2.37. The molecule has 0 bridgehead atoms. The van der Waals surface area contributed by atoms with E-state index in [0.717, 1.165) is 0 Å². The molecule has 2 N–H and O–H groups in total. The van der Waals surface area contributed by atoms with Gasteiger partial charge in [-0.3, -0.25) is 0 Å². The second-order valence-electron chi connectivity index (χ2n) is 4.23. The average molecular weight is 301 g/mol. The lowest BCUT2D eigenvalue weighted by atomic mass is 10.3. The maximum Gasteiger partial charge on any atom is 0.344 e. The van der Waals surface area contributed by atoms with Crippen LogP contribution in [0.2, 0.25) is 0 Å². The molecule has 0 aliphatic rings. The first-order chi connectivity index (χ1) is 9.43. The van der Waals surface area contributed by atoms with Gasteiger partial charge >= 0.3 is 5.97 Å². The van der Waals surface area contributed by atoms with Crippen LogP contribution in [0.4, 0.5) is 5.69 Å². The standard InChI is InChI=1S/C13H19NO5S/c1-2-8-20(16,17)9-7-18-13(15)10-19-12-5-3-11(14)4-6-12/h3-6H,2,7-10,14H2,1H3. The molecule has 0 spiro atoms. The van der Waals surface area contributed by atoms with Gasteiger partial charge in [0, 0.05) is 5.69 Å². The summed E-state index contributed by atoms with van der Waals surface area (Å²) >= 11 is 0. The number of carbonyl (C=O) groups excluding carboxylic acids is 1. The summed E-state index contributed by atoms with van der Waals surface area (Å²) in [5.41, 5.74) is 6.11. The first kappa shape index (κ1) is 16.3. The van der Waals surface area contributed by atoms with Crippen molar-refractivity contribution in [2.75, 3.05) is 30.5 Å². The van der Waals surface area contributed by atoms with Crippen molar-refractivity contribution >= 4 is 21.5 Å². The van der Waals surface area contributed by atoms with E-state index in [0.29, 0.717) is 17.9 Å². The molecule has 0 unspecified atom stereocenters. The second kappa shape index (κ2) is 7.74. The summed E-state index contributed by atoms with van der Waals surface area (Å²) < 4.78 is 32.8. The van der Waals surface area contributed by atoms with Gasteiger partial charge in [-0.25, -0.2) is 13.2 Å². The minimum atomic E-state index is -3.13. The molecule has 6 nitrogen and oxygen atoms in total. The van der Waals surface area contributed by atoms with Crippen LogP contribution in [-0.2, 0) is 19.4 Å². The van der Waals surface area contributed by atoms with E-state index >= 15 is 0 Å². The Bertz CT molecular complexity index is 524. The molecule has 1 aromatic carbocycles. The fourth-order valence-corrected chi connectivity index (χ4v) is 2.61. The van der Waals surface area contributed by atoms with Gasteiger partial charge < -0.3 is 15.2 Å². The summed E-state index contributed by atoms with van der Waals surface area (Å²) in [7, 11) is -3.13. The van der Waals surface area contributed by atoms with Crippen molar-refractivity contribution in [3.63, 3.8) is 0 Å². The van der Waals surface area contributed by atoms with Crippen LogP contribution in [0.3, 0.4) is 0 Å². The maximum absolute atomic E-state index is 11.4. The lowest BCUT2D eigenvalue weighted by molar-refractivity contribution is -0.145. The number of esters is 1. The Kier molecular flexibility index (Phi) is 6.30. The molecule has 20 heavy (non-hydrogen) atoms. The first-order valence-electron chi connectivity index (χ1n) is 6.27. The Morgan fingerprint density at radius 3 is 2.45 bits per heavy atom. The Hall–Kier alpha value is -1.76. The number of sulfone groups is 1. The molecule has 0 atom stereocenters. The predicted molar refractivity (Wildman–Crippen MR) is 76.3 cm³/mol. The quantitative estimate of drug-likeness (QED) is 0.569. The Morgan fingerprint density at radius 1 is 1.20 bits per heavy atom. The number of anilines is 1. The highest BCUT2D eigenvalue weighted by Gasteiger charge is 2.11. The van der Waals surface area contributed by atoms with E-state index in [1.807, 2.05) is 0 Å². The lowest BCUT2D eigenvalue weighted by Crippen LogP contribution is -2.21.